The monoisotopic (exact) mass is 134 g/mol. The smallest absolute Gasteiger partial charge is 0.0276 e. The van der Waals surface area contributed by atoms with Gasteiger partial charge >= 0.3 is 0 Å². The molecule has 0 rings (SSSR count). The zero-order valence-electron chi connectivity index (χ0n) is 6.72. The van der Waals surface area contributed by atoms with Gasteiger partial charge in [0.05, 0.1) is 0 Å². The molecule has 0 heterocycles. The molecule has 0 aliphatic carbocycles. The van der Waals surface area contributed by atoms with Gasteiger partial charge in [-0.3, -0.25) is 0 Å². The summed E-state index contributed by atoms with van der Waals surface area (Å²) >= 11 is 0. The molecular weight excluding hydrogens is 120 g/mol. The van der Waals surface area contributed by atoms with Gasteiger partial charge in [0.2, 0.25) is 0 Å². The summed E-state index contributed by atoms with van der Waals surface area (Å²) in [5.74, 6) is 0. The molecule has 0 bridgehead atoms. The van der Waals surface area contributed by atoms with Crippen LogP contribution in [-0.4, -0.2) is 0 Å². The summed E-state index contributed by atoms with van der Waals surface area (Å²) in [6.07, 6.45) is 7.50. The maximum Gasteiger partial charge on any atom is -0.0276 e. The summed E-state index contributed by atoms with van der Waals surface area (Å²) in [6.45, 7) is 11.4. The second-order valence-electron chi connectivity index (χ2n) is 2.25. The molecule has 0 N–H and O–H groups in total. The highest BCUT2D eigenvalue weighted by molar-refractivity contribution is 5.34. The Morgan fingerprint density at radius 3 is 2.10 bits per heavy atom. The Morgan fingerprint density at radius 2 is 1.80 bits per heavy atom. The first-order chi connectivity index (χ1) is 4.72. The van der Waals surface area contributed by atoms with Gasteiger partial charge in [-0.2, -0.15) is 0 Å². The van der Waals surface area contributed by atoms with Crippen molar-refractivity contribution in [3.8, 4) is 0 Å². The fourth-order valence-electron chi connectivity index (χ4n) is 0.611. The molecule has 0 atom stereocenters. The minimum Gasteiger partial charge on any atom is -0.0991 e. The zero-order valence-corrected chi connectivity index (χ0v) is 6.72. The van der Waals surface area contributed by atoms with E-state index < -0.39 is 0 Å². The SMILES string of the molecule is C=C/C=C\C(C=C)=C(C)C. The number of hydrogen-bond acceptors (Lipinski definition) is 0. The van der Waals surface area contributed by atoms with Crippen molar-refractivity contribution < 1.29 is 0 Å². The second-order valence-corrected chi connectivity index (χ2v) is 2.25. The molecule has 10 heavy (non-hydrogen) atoms. The molecule has 0 saturated carbocycles. The summed E-state index contributed by atoms with van der Waals surface area (Å²) in [5.41, 5.74) is 2.44. The molecule has 0 aromatic heterocycles. The van der Waals surface area contributed by atoms with Gasteiger partial charge in [0.1, 0.15) is 0 Å². The number of rotatable bonds is 3. The van der Waals surface area contributed by atoms with Gasteiger partial charge in [-0.15, -0.1) is 0 Å². The summed E-state index contributed by atoms with van der Waals surface area (Å²) < 4.78 is 0. The third-order valence-corrected chi connectivity index (χ3v) is 1.21. The molecule has 0 aromatic rings. The van der Waals surface area contributed by atoms with Gasteiger partial charge in [-0.25, -0.2) is 0 Å². The van der Waals surface area contributed by atoms with Crippen LogP contribution in [-0.2, 0) is 0 Å². The lowest BCUT2D eigenvalue weighted by atomic mass is 10.1. The fourth-order valence-corrected chi connectivity index (χ4v) is 0.611. The number of hydrogen-bond donors (Lipinski definition) is 0. The molecular formula is C10H14. The van der Waals surface area contributed by atoms with Crippen LogP contribution in [0.1, 0.15) is 13.8 Å². The van der Waals surface area contributed by atoms with E-state index >= 15 is 0 Å². The standard InChI is InChI=1S/C10H14/c1-5-7-8-10(6-2)9(3)4/h5-8H,1-2H2,3-4H3/b8-7-. The van der Waals surface area contributed by atoms with E-state index in [0.29, 0.717) is 0 Å². The van der Waals surface area contributed by atoms with E-state index in [1.54, 1.807) is 6.08 Å². The Bertz CT molecular complexity index is 176. The predicted octanol–water partition coefficient (Wildman–Crippen LogP) is 3.25. The van der Waals surface area contributed by atoms with Crippen LogP contribution in [0.2, 0.25) is 0 Å². The fraction of sp³-hybridized carbons (Fsp3) is 0.200. The molecule has 0 nitrogen and oxygen atoms in total. The highest BCUT2D eigenvalue weighted by Crippen LogP contribution is 2.05. The van der Waals surface area contributed by atoms with E-state index in [2.05, 4.69) is 27.0 Å². The van der Waals surface area contributed by atoms with Crippen LogP contribution in [0.4, 0.5) is 0 Å². The summed E-state index contributed by atoms with van der Waals surface area (Å²) in [4.78, 5) is 0. The van der Waals surface area contributed by atoms with Crippen molar-refractivity contribution >= 4 is 0 Å². The number of allylic oxidation sites excluding steroid dienone is 6. The van der Waals surface area contributed by atoms with Gasteiger partial charge in [0.25, 0.3) is 0 Å². The third-order valence-electron chi connectivity index (χ3n) is 1.21. The topological polar surface area (TPSA) is 0 Å². The molecule has 0 amide bonds. The minimum atomic E-state index is 1.17. The summed E-state index contributed by atoms with van der Waals surface area (Å²) in [5, 5.41) is 0. The summed E-state index contributed by atoms with van der Waals surface area (Å²) in [7, 11) is 0. The molecule has 0 aromatic carbocycles. The average Bonchev–Trinajstić information content (AvgIpc) is 1.89. The van der Waals surface area contributed by atoms with Gasteiger partial charge < -0.3 is 0 Å². The Labute approximate surface area is 63.3 Å². The highest BCUT2D eigenvalue weighted by atomic mass is 13.9. The van der Waals surface area contributed by atoms with Crippen molar-refractivity contribution in [2.75, 3.05) is 0 Å². The lowest BCUT2D eigenvalue weighted by Gasteiger charge is -1.94. The average molecular weight is 134 g/mol. The van der Waals surface area contributed by atoms with Crippen LogP contribution in [0.25, 0.3) is 0 Å². The third kappa shape index (κ3) is 3.08. The van der Waals surface area contributed by atoms with Gasteiger partial charge in [0.15, 0.2) is 0 Å². The molecule has 0 aliphatic rings. The second kappa shape index (κ2) is 4.80. The van der Waals surface area contributed by atoms with Crippen molar-refractivity contribution in [2.45, 2.75) is 13.8 Å². The lowest BCUT2D eigenvalue weighted by Crippen LogP contribution is -1.73. The normalized spacial score (nSPS) is 9.40. The van der Waals surface area contributed by atoms with Crippen LogP contribution in [0.3, 0.4) is 0 Å². The van der Waals surface area contributed by atoms with E-state index in [1.165, 1.54) is 11.1 Å². The molecule has 0 unspecified atom stereocenters. The molecule has 0 spiro atoms. The van der Waals surface area contributed by atoms with Gasteiger partial charge in [0, 0.05) is 0 Å². The van der Waals surface area contributed by atoms with Gasteiger partial charge in [-0.05, 0) is 19.4 Å². The van der Waals surface area contributed by atoms with Crippen molar-refractivity contribution in [3.63, 3.8) is 0 Å². The molecule has 0 aliphatic heterocycles. The molecule has 0 saturated heterocycles. The van der Waals surface area contributed by atoms with E-state index in [0.717, 1.165) is 0 Å². The zero-order chi connectivity index (χ0) is 7.98. The quantitative estimate of drug-likeness (QED) is 0.520. The van der Waals surface area contributed by atoms with Crippen LogP contribution < -0.4 is 0 Å². The van der Waals surface area contributed by atoms with Crippen molar-refractivity contribution in [1.29, 1.82) is 0 Å². The lowest BCUT2D eigenvalue weighted by molar-refractivity contribution is 1.34. The summed E-state index contributed by atoms with van der Waals surface area (Å²) in [6, 6.07) is 0. The van der Waals surface area contributed by atoms with Crippen LogP contribution >= 0.6 is 0 Å². The minimum absolute atomic E-state index is 1.17. The van der Waals surface area contributed by atoms with Crippen LogP contribution in [0, 0.1) is 0 Å². The van der Waals surface area contributed by atoms with Gasteiger partial charge in [-0.1, -0.05) is 43.0 Å². The van der Waals surface area contributed by atoms with E-state index in [-0.39, 0.29) is 0 Å². The van der Waals surface area contributed by atoms with E-state index in [1.807, 2.05) is 18.2 Å². The first-order valence-corrected chi connectivity index (χ1v) is 3.31. The van der Waals surface area contributed by atoms with Crippen molar-refractivity contribution in [3.05, 3.63) is 48.6 Å². The first-order valence-electron chi connectivity index (χ1n) is 3.31. The van der Waals surface area contributed by atoms with Crippen LogP contribution in [0.5, 0.6) is 0 Å². The first kappa shape index (κ1) is 8.96. The van der Waals surface area contributed by atoms with Crippen molar-refractivity contribution in [2.24, 2.45) is 0 Å². The molecule has 0 heteroatoms. The van der Waals surface area contributed by atoms with Crippen molar-refractivity contribution in [1.82, 2.24) is 0 Å². The highest BCUT2D eigenvalue weighted by Gasteiger charge is 1.84. The van der Waals surface area contributed by atoms with E-state index in [4.69, 9.17) is 0 Å². The Kier molecular flexibility index (Phi) is 4.30. The maximum absolute atomic E-state index is 3.69. The molecule has 0 fully saturated rings. The van der Waals surface area contributed by atoms with Crippen LogP contribution in [0.15, 0.2) is 48.6 Å². The molecule has 54 valence electrons. The predicted molar refractivity (Wildman–Crippen MR) is 47.9 cm³/mol. The largest absolute Gasteiger partial charge is 0.0991 e. The Hall–Kier alpha value is -1.04. The molecule has 0 radical (unpaired) electrons. The van der Waals surface area contributed by atoms with E-state index in [9.17, 15) is 0 Å². The maximum atomic E-state index is 3.69. The Balaban J connectivity index is 4.38. The Morgan fingerprint density at radius 1 is 1.20 bits per heavy atom.